The first-order chi connectivity index (χ1) is 15.3. The summed E-state index contributed by atoms with van der Waals surface area (Å²) in [5.74, 6) is 0.0616. The first kappa shape index (κ1) is 24.9. The lowest BCUT2D eigenvalue weighted by molar-refractivity contribution is -0.113. The fourth-order valence-corrected chi connectivity index (χ4v) is 3.22. The van der Waals surface area contributed by atoms with Gasteiger partial charge in [-0.1, -0.05) is 36.9 Å². The molecule has 1 aliphatic rings. The van der Waals surface area contributed by atoms with Crippen LogP contribution in [0.5, 0.6) is 0 Å². The molecule has 1 aromatic carbocycles. The van der Waals surface area contributed by atoms with Crippen LogP contribution in [-0.4, -0.2) is 56.0 Å². The largest absolute Gasteiger partial charge is 0.491 e. The second-order valence-corrected chi connectivity index (χ2v) is 7.51. The predicted molar refractivity (Wildman–Crippen MR) is 125 cm³/mol. The molecule has 3 amide bonds. The minimum Gasteiger partial charge on any atom is -0.491 e. The van der Waals surface area contributed by atoms with Crippen LogP contribution in [-0.2, 0) is 20.7 Å². The fraction of sp³-hybridized carbons (Fsp3) is 0.375. The normalized spacial score (nSPS) is 14.7. The van der Waals surface area contributed by atoms with Gasteiger partial charge >= 0.3 is 6.03 Å². The van der Waals surface area contributed by atoms with Gasteiger partial charge in [0, 0.05) is 25.4 Å². The van der Waals surface area contributed by atoms with Gasteiger partial charge in [0.15, 0.2) is 0 Å². The number of amides is 3. The number of aryl methyl sites for hydroxylation is 1. The third-order valence-electron chi connectivity index (χ3n) is 4.82. The Kier molecular flexibility index (Phi) is 9.69. The Morgan fingerprint density at radius 3 is 2.59 bits per heavy atom. The summed E-state index contributed by atoms with van der Waals surface area (Å²) in [4.78, 5) is 29.8. The maximum absolute atomic E-state index is 12.4. The molecule has 0 saturated carbocycles. The molecular formula is C24H32N4O4. The molecule has 0 radical (unpaired) electrons. The molecule has 172 valence electrons. The number of carbonyl (C=O) groups excluding carboxylic acids is 2. The molecule has 1 aliphatic heterocycles. The molecule has 3 N–H and O–H groups in total. The maximum Gasteiger partial charge on any atom is 0.319 e. The van der Waals surface area contributed by atoms with Gasteiger partial charge in [0.25, 0.3) is 5.91 Å². The smallest absolute Gasteiger partial charge is 0.319 e. The van der Waals surface area contributed by atoms with Crippen molar-refractivity contribution < 1.29 is 19.1 Å². The molecule has 0 saturated heterocycles. The van der Waals surface area contributed by atoms with Gasteiger partial charge in [-0.3, -0.25) is 15.1 Å². The van der Waals surface area contributed by atoms with Crippen molar-refractivity contribution in [1.29, 1.82) is 0 Å². The van der Waals surface area contributed by atoms with E-state index in [-0.39, 0.29) is 12.3 Å². The van der Waals surface area contributed by atoms with Crippen LogP contribution in [0.3, 0.4) is 0 Å². The summed E-state index contributed by atoms with van der Waals surface area (Å²) in [6.07, 6.45) is 3.63. The molecule has 0 bridgehead atoms. The van der Waals surface area contributed by atoms with Gasteiger partial charge in [-0.25, -0.2) is 4.79 Å². The number of ether oxygens (including phenoxy) is 2. The summed E-state index contributed by atoms with van der Waals surface area (Å²) in [5.41, 5.74) is 8.70. The lowest BCUT2D eigenvalue weighted by Gasteiger charge is -2.33. The Hall–Kier alpha value is -3.39. The Balaban J connectivity index is 2.26. The van der Waals surface area contributed by atoms with Crippen molar-refractivity contribution >= 4 is 17.6 Å². The average Bonchev–Trinajstić information content (AvgIpc) is 2.75. The number of carbonyl (C=O) groups is 2. The number of hydrogen-bond donors (Lipinski definition) is 2. The van der Waals surface area contributed by atoms with Crippen LogP contribution < -0.4 is 11.1 Å². The zero-order valence-electron chi connectivity index (χ0n) is 19.0. The molecule has 0 unspecified atom stereocenters. The minimum absolute atomic E-state index is 0.0970. The number of allylic oxidation sites excluding steroid dienone is 2. The molecule has 1 heterocycles. The summed E-state index contributed by atoms with van der Waals surface area (Å²) in [7, 11) is 1.62. The highest BCUT2D eigenvalue weighted by Gasteiger charge is 2.27. The molecule has 0 spiro atoms. The molecular weight excluding hydrogens is 408 g/mol. The Labute approximate surface area is 189 Å². The van der Waals surface area contributed by atoms with E-state index in [2.05, 4.69) is 29.0 Å². The van der Waals surface area contributed by atoms with E-state index in [4.69, 9.17) is 15.2 Å². The Morgan fingerprint density at radius 1 is 1.25 bits per heavy atom. The number of aliphatic imine (C=N–C) groups is 1. The van der Waals surface area contributed by atoms with E-state index < -0.39 is 11.9 Å². The van der Waals surface area contributed by atoms with E-state index in [1.807, 2.05) is 43.0 Å². The summed E-state index contributed by atoms with van der Waals surface area (Å²) in [6.45, 7) is 9.77. The highest BCUT2D eigenvalue weighted by atomic mass is 16.5. The van der Waals surface area contributed by atoms with E-state index in [1.165, 1.54) is 5.56 Å². The SMILES string of the molecule is C=C1C(C(=O)NC(N)=O)=NC/C(=C\C(OCCOC)=C(C)C)N1CCCc1ccccc1. The number of benzene rings is 1. The first-order valence-electron chi connectivity index (χ1n) is 10.5. The highest BCUT2D eigenvalue weighted by Crippen LogP contribution is 2.23. The van der Waals surface area contributed by atoms with E-state index in [0.29, 0.717) is 25.5 Å². The Bertz CT molecular complexity index is 915. The third kappa shape index (κ3) is 7.39. The van der Waals surface area contributed by atoms with Crippen LogP contribution in [0.4, 0.5) is 4.79 Å². The number of primary amides is 1. The van der Waals surface area contributed by atoms with E-state index in [1.54, 1.807) is 7.11 Å². The van der Waals surface area contributed by atoms with E-state index in [9.17, 15) is 9.59 Å². The monoisotopic (exact) mass is 440 g/mol. The van der Waals surface area contributed by atoms with Gasteiger partial charge in [0.2, 0.25) is 0 Å². The van der Waals surface area contributed by atoms with Gasteiger partial charge < -0.3 is 20.1 Å². The standard InChI is InChI=1S/C24H32N4O4/c1-17(2)21(32-14-13-31-4)15-20-16-26-22(23(29)27-24(25)30)18(3)28(20)12-8-11-19-9-6-5-7-10-19/h5-7,9-10,15H,3,8,11-14,16H2,1-2,4H3,(H3,25,27,29,30)/b20-15+. The number of imide groups is 1. The zero-order chi connectivity index (χ0) is 23.5. The van der Waals surface area contributed by atoms with Crippen LogP contribution in [0.15, 0.2) is 70.7 Å². The highest BCUT2D eigenvalue weighted by molar-refractivity contribution is 6.47. The topological polar surface area (TPSA) is 106 Å². The number of rotatable bonds is 10. The lowest BCUT2D eigenvalue weighted by Crippen LogP contribution is -2.44. The van der Waals surface area contributed by atoms with Crippen molar-refractivity contribution in [2.75, 3.05) is 33.4 Å². The van der Waals surface area contributed by atoms with Crippen LogP contribution in [0.2, 0.25) is 0 Å². The first-order valence-corrected chi connectivity index (χ1v) is 10.5. The van der Waals surface area contributed by atoms with Gasteiger partial charge in [0.05, 0.1) is 18.8 Å². The third-order valence-corrected chi connectivity index (χ3v) is 4.82. The zero-order valence-corrected chi connectivity index (χ0v) is 19.0. The van der Waals surface area contributed by atoms with Crippen LogP contribution in [0.25, 0.3) is 0 Å². The molecule has 0 aliphatic carbocycles. The predicted octanol–water partition coefficient (Wildman–Crippen LogP) is 2.93. The summed E-state index contributed by atoms with van der Waals surface area (Å²) in [5, 5.41) is 2.07. The molecule has 2 rings (SSSR count). The van der Waals surface area contributed by atoms with Crippen molar-refractivity contribution in [3.05, 3.63) is 71.3 Å². The molecule has 0 atom stereocenters. The second-order valence-electron chi connectivity index (χ2n) is 7.51. The molecule has 8 nitrogen and oxygen atoms in total. The number of nitrogens with two attached hydrogens (primary N) is 1. The van der Waals surface area contributed by atoms with Crippen LogP contribution in [0, 0.1) is 0 Å². The van der Waals surface area contributed by atoms with Crippen LogP contribution in [0.1, 0.15) is 25.8 Å². The van der Waals surface area contributed by atoms with Crippen molar-refractivity contribution in [1.82, 2.24) is 10.2 Å². The van der Waals surface area contributed by atoms with Gasteiger partial charge in [-0.2, -0.15) is 0 Å². The molecule has 32 heavy (non-hydrogen) atoms. The summed E-state index contributed by atoms with van der Waals surface area (Å²) < 4.78 is 10.9. The molecule has 8 heteroatoms. The number of methoxy groups -OCH3 is 1. The van der Waals surface area contributed by atoms with Crippen molar-refractivity contribution in [3.8, 4) is 0 Å². The van der Waals surface area contributed by atoms with Gasteiger partial charge in [-0.05, 0) is 37.8 Å². The van der Waals surface area contributed by atoms with E-state index in [0.717, 1.165) is 29.9 Å². The van der Waals surface area contributed by atoms with E-state index >= 15 is 0 Å². The number of hydrogen-bond acceptors (Lipinski definition) is 6. The van der Waals surface area contributed by atoms with Crippen molar-refractivity contribution in [2.45, 2.75) is 26.7 Å². The van der Waals surface area contributed by atoms with Crippen LogP contribution >= 0.6 is 0 Å². The van der Waals surface area contributed by atoms with Crippen molar-refractivity contribution in [3.63, 3.8) is 0 Å². The summed E-state index contributed by atoms with van der Waals surface area (Å²) in [6, 6.07) is 9.25. The maximum atomic E-state index is 12.4. The second kappa shape index (κ2) is 12.5. The molecule has 0 aromatic heterocycles. The lowest BCUT2D eigenvalue weighted by atomic mass is 10.1. The number of urea groups is 1. The quantitative estimate of drug-likeness (QED) is 0.430. The number of nitrogens with one attached hydrogen (secondary N) is 1. The van der Waals surface area contributed by atoms with Gasteiger partial charge in [0.1, 0.15) is 18.1 Å². The molecule has 0 fully saturated rings. The average molecular weight is 441 g/mol. The summed E-state index contributed by atoms with van der Waals surface area (Å²) >= 11 is 0. The molecule has 1 aromatic rings. The number of nitrogens with zero attached hydrogens (tertiary/aromatic N) is 2. The Morgan fingerprint density at radius 2 is 1.97 bits per heavy atom. The fourth-order valence-electron chi connectivity index (χ4n) is 3.22. The minimum atomic E-state index is -0.930. The van der Waals surface area contributed by atoms with Gasteiger partial charge in [-0.15, -0.1) is 0 Å². The van der Waals surface area contributed by atoms with Crippen molar-refractivity contribution in [2.24, 2.45) is 10.7 Å².